The molecule has 1 aromatic carbocycles. The second kappa shape index (κ2) is 9.90. The number of ether oxygens (including phenoxy) is 1. The van der Waals surface area contributed by atoms with Crippen LogP contribution in [0.3, 0.4) is 0 Å². The van der Waals surface area contributed by atoms with Crippen LogP contribution in [0.4, 0.5) is 14.9 Å². The number of nitrogens with one attached hydrogen (secondary N) is 2. The maximum Gasteiger partial charge on any atom is 0.328 e. The van der Waals surface area contributed by atoms with Gasteiger partial charge >= 0.3 is 12.0 Å². The van der Waals surface area contributed by atoms with Gasteiger partial charge in [-0.3, -0.25) is 14.9 Å². The zero-order valence-corrected chi connectivity index (χ0v) is 21.9. The molecule has 39 heavy (non-hydrogen) atoms. The molecular weight excluding hydrogens is 521 g/mol. The molecule has 1 atom stereocenters. The molecule has 4 aromatic rings. The Labute approximate surface area is 227 Å². The Kier molecular flexibility index (Phi) is 6.40. The average Bonchev–Trinajstić information content (AvgIpc) is 3.46. The first kappa shape index (κ1) is 25.2. The predicted octanol–water partition coefficient (Wildman–Crippen LogP) is 5.58. The van der Waals surface area contributed by atoms with E-state index >= 15 is 0 Å². The number of halogens is 1. The normalized spacial score (nSPS) is 19.2. The Morgan fingerprint density at radius 2 is 2.00 bits per heavy atom. The number of likely N-dealkylation sites (N-methyl/N-ethyl adjacent to an activating group) is 1. The van der Waals surface area contributed by atoms with Crippen LogP contribution in [0, 0.1) is 5.82 Å². The number of hydrogen-bond acceptors (Lipinski definition) is 7. The Balaban J connectivity index is 1.23. The lowest BCUT2D eigenvalue weighted by Crippen LogP contribution is -2.45. The minimum atomic E-state index is -1.07. The number of aromatic nitrogens is 2. The van der Waals surface area contributed by atoms with Gasteiger partial charge in [0.15, 0.2) is 11.6 Å². The molecule has 200 valence electrons. The number of rotatable bonds is 7. The highest BCUT2D eigenvalue weighted by Gasteiger charge is 2.47. The molecule has 2 aliphatic rings. The van der Waals surface area contributed by atoms with Crippen molar-refractivity contribution in [1.82, 2.24) is 20.2 Å². The summed E-state index contributed by atoms with van der Waals surface area (Å²) in [7, 11) is 1.83. The number of benzene rings is 1. The van der Waals surface area contributed by atoms with Crippen molar-refractivity contribution in [2.75, 3.05) is 18.9 Å². The number of pyridine rings is 2. The Morgan fingerprint density at radius 1 is 1.15 bits per heavy atom. The zero-order chi connectivity index (χ0) is 27.1. The molecule has 2 fully saturated rings. The molecule has 4 heterocycles. The van der Waals surface area contributed by atoms with Crippen molar-refractivity contribution in [2.24, 2.45) is 0 Å². The molecule has 3 N–H and O–H groups in total. The molecule has 3 aromatic heterocycles. The summed E-state index contributed by atoms with van der Waals surface area (Å²) in [4.78, 5) is 35.8. The van der Waals surface area contributed by atoms with Crippen LogP contribution in [0.2, 0.25) is 0 Å². The Hall–Kier alpha value is -4.09. The highest BCUT2D eigenvalue weighted by molar-refractivity contribution is 7.22. The molecule has 2 amide bonds. The van der Waals surface area contributed by atoms with Crippen molar-refractivity contribution >= 4 is 39.2 Å². The molecular formula is C28H26FN5O4S. The van der Waals surface area contributed by atoms with E-state index in [2.05, 4.69) is 20.6 Å². The molecule has 0 bridgehead atoms. The number of hydrogen-bond donors (Lipinski definition) is 3. The smallest absolute Gasteiger partial charge is 0.328 e. The third-order valence-corrected chi connectivity index (χ3v) is 8.39. The molecule has 11 heteroatoms. The van der Waals surface area contributed by atoms with E-state index in [9.17, 15) is 19.1 Å². The minimum Gasteiger partial charge on any atom is -0.480 e. The van der Waals surface area contributed by atoms with E-state index in [-0.39, 0.29) is 17.8 Å². The third-order valence-electron chi connectivity index (χ3n) is 7.23. The predicted molar refractivity (Wildman–Crippen MR) is 146 cm³/mol. The van der Waals surface area contributed by atoms with Crippen molar-refractivity contribution < 1.29 is 23.8 Å². The number of amides is 2. The molecule has 0 radical (unpaired) electrons. The number of anilines is 1. The molecule has 1 aliphatic carbocycles. The number of nitrogens with zero attached hydrogens (tertiary/aromatic N) is 3. The monoisotopic (exact) mass is 547 g/mol. The van der Waals surface area contributed by atoms with Crippen molar-refractivity contribution in [3.63, 3.8) is 0 Å². The summed E-state index contributed by atoms with van der Waals surface area (Å²) >= 11 is 1.40. The fraction of sp³-hybridized carbons (Fsp3) is 0.286. The van der Waals surface area contributed by atoms with Gasteiger partial charge in [-0.2, -0.15) is 0 Å². The maximum absolute atomic E-state index is 14.8. The maximum atomic E-state index is 14.8. The van der Waals surface area contributed by atoms with Gasteiger partial charge in [0.1, 0.15) is 11.3 Å². The molecule has 1 saturated heterocycles. The average molecular weight is 548 g/mol. The van der Waals surface area contributed by atoms with Crippen molar-refractivity contribution in [1.29, 1.82) is 0 Å². The summed E-state index contributed by atoms with van der Waals surface area (Å²) in [5.74, 6) is -1.02. The fourth-order valence-corrected chi connectivity index (χ4v) is 6.02. The highest BCUT2D eigenvalue weighted by Crippen LogP contribution is 2.41. The summed E-state index contributed by atoms with van der Waals surface area (Å²) in [6, 6.07) is 11.3. The van der Waals surface area contributed by atoms with Gasteiger partial charge in [0.2, 0.25) is 0 Å². The SMILES string of the molecule is CN1CCCC1(C(=O)O)c1ccc(-c2cc3nccc(Oc4ccc(NC(=O)NC5CC5)cc4F)c3s2)nc1. The van der Waals surface area contributed by atoms with E-state index in [1.165, 1.54) is 23.5 Å². The fourth-order valence-electron chi connectivity index (χ4n) is 4.98. The van der Waals surface area contributed by atoms with Gasteiger partial charge in [-0.15, -0.1) is 11.3 Å². The Bertz CT molecular complexity index is 1570. The summed E-state index contributed by atoms with van der Waals surface area (Å²) in [6.07, 6.45) is 6.50. The van der Waals surface area contributed by atoms with E-state index in [1.807, 2.05) is 30.1 Å². The number of fused-ring (bicyclic) bond motifs is 1. The van der Waals surface area contributed by atoms with Crippen LogP contribution in [-0.4, -0.2) is 51.6 Å². The van der Waals surface area contributed by atoms with Gasteiger partial charge in [-0.25, -0.2) is 14.0 Å². The lowest BCUT2D eigenvalue weighted by molar-refractivity contribution is -0.149. The van der Waals surface area contributed by atoms with E-state index in [1.54, 1.807) is 24.5 Å². The standard InChI is InChI=1S/C28H26FN5O4S/c1-34-12-2-10-28(34,26(35)36)16-3-7-20(31-15-16)24-14-21-25(39-24)23(9-11-30-21)38-22-8-6-18(13-19(22)29)33-27(37)32-17-4-5-17/h3,6-9,11,13-15,17H,2,4-5,10,12H2,1H3,(H,35,36)(H2,32,33,37). The van der Waals surface area contributed by atoms with Crippen molar-refractivity contribution in [2.45, 2.75) is 37.3 Å². The number of carboxylic acid groups (broad SMARTS) is 1. The van der Waals surface area contributed by atoms with Crippen LogP contribution < -0.4 is 15.4 Å². The summed E-state index contributed by atoms with van der Waals surface area (Å²) in [6.45, 7) is 0.717. The van der Waals surface area contributed by atoms with Crippen LogP contribution in [-0.2, 0) is 10.3 Å². The van der Waals surface area contributed by atoms with Gasteiger partial charge in [-0.1, -0.05) is 6.07 Å². The second-order valence-electron chi connectivity index (χ2n) is 9.88. The van der Waals surface area contributed by atoms with Crippen molar-refractivity contribution in [3.8, 4) is 22.1 Å². The van der Waals surface area contributed by atoms with Crippen LogP contribution in [0.1, 0.15) is 31.2 Å². The van der Waals surface area contributed by atoms with Crippen LogP contribution in [0.15, 0.2) is 54.9 Å². The van der Waals surface area contributed by atoms with E-state index in [4.69, 9.17) is 4.74 Å². The van der Waals surface area contributed by atoms with E-state index in [0.717, 1.165) is 28.8 Å². The van der Waals surface area contributed by atoms with Crippen LogP contribution in [0.5, 0.6) is 11.5 Å². The largest absolute Gasteiger partial charge is 0.480 e. The summed E-state index contributed by atoms with van der Waals surface area (Å²) in [5, 5.41) is 15.4. The first-order valence-corrected chi connectivity index (χ1v) is 13.5. The first-order chi connectivity index (χ1) is 18.8. The minimum absolute atomic E-state index is 0.0210. The van der Waals surface area contributed by atoms with Gasteiger partial charge < -0.3 is 20.5 Å². The van der Waals surface area contributed by atoms with E-state index < -0.39 is 17.3 Å². The number of carbonyl (C=O) groups is 2. The van der Waals surface area contributed by atoms with Gasteiger partial charge in [0.05, 0.1) is 20.8 Å². The van der Waals surface area contributed by atoms with Gasteiger partial charge in [0.25, 0.3) is 0 Å². The lowest BCUT2D eigenvalue weighted by Gasteiger charge is -2.32. The van der Waals surface area contributed by atoms with Gasteiger partial charge in [-0.05, 0) is 63.5 Å². The first-order valence-electron chi connectivity index (χ1n) is 12.7. The summed E-state index contributed by atoms with van der Waals surface area (Å²) in [5.41, 5.74) is 1.27. The number of aliphatic carboxylic acids is 1. The molecule has 0 spiro atoms. The number of thiophene rings is 1. The molecule has 9 nitrogen and oxygen atoms in total. The summed E-state index contributed by atoms with van der Waals surface area (Å²) < 4.78 is 21.5. The quantitative estimate of drug-likeness (QED) is 0.277. The molecule has 6 rings (SSSR count). The van der Waals surface area contributed by atoms with Crippen LogP contribution in [0.25, 0.3) is 20.8 Å². The van der Waals surface area contributed by atoms with E-state index in [0.29, 0.717) is 41.2 Å². The number of carboxylic acids is 1. The number of carbonyl (C=O) groups excluding carboxylic acids is 1. The Morgan fingerprint density at radius 3 is 2.67 bits per heavy atom. The number of urea groups is 1. The van der Waals surface area contributed by atoms with Crippen molar-refractivity contribution in [3.05, 3.63) is 66.2 Å². The zero-order valence-electron chi connectivity index (χ0n) is 21.1. The topological polar surface area (TPSA) is 117 Å². The molecule has 1 aliphatic heterocycles. The van der Waals surface area contributed by atoms with Gasteiger partial charge in [0, 0.05) is 41.8 Å². The second-order valence-corrected chi connectivity index (χ2v) is 10.9. The van der Waals surface area contributed by atoms with Crippen LogP contribution >= 0.6 is 11.3 Å². The number of likely N-dealkylation sites (tertiary alicyclic amines) is 1. The highest BCUT2D eigenvalue weighted by atomic mass is 32.1. The lowest BCUT2D eigenvalue weighted by atomic mass is 9.88. The molecule has 1 unspecified atom stereocenters. The third kappa shape index (κ3) is 4.79. The molecule has 1 saturated carbocycles.